The number of carbonyl (C=O) groups excluding carboxylic acids is 1. The highest BCUT2D eigenvalue weighted by molar-refractivity contribution is 5.76. The van der Waals surface area contributed by atoms with Crippen molar-refractivity contribution in [1.29, 1.82) is 0 Å². The number of nitrogens with one attached hydrogen (secondary N) is 1. The van der Waals surface area contributed by atoms with Gasteiger partial charge in [-0.1, -0.05) is 38.3 Å². The largest absolute Gasteiger partial charge is 0.399 e. The molecule has 0 bridgehead atoms. The molecule has 0 heterocycles. The molecule has 2 unspecified atom stereocenters. The predicted octanol–water partition coefficient (Wildman–Crippen LogP) is 3.53. The van der Waals surface area contributed by atoms with E-state index in [4.69, 9.17) is 5.73 Å². The van der Waals surface area contributed by atoms with Crippen molar-refractivity contribution in [3.63, 3.8) is 0 Å². The van der Waals surface area contributed by atoms with Gasteiger partial charge in [-0.05, 0) is 48.8 Å². The fourth-order valence-corrected chi connectivity index (χ4v) is 3.27. The van der Waals surface area contributed by atoms with Crippen LogP contribution in [0.25, 0.3) is 0 Å². The minimum absolute atomic E-state index is 0.163. The molecule has 2 rings (SSSR count). The molecule has 1 amide bonds. The maximum atomic E-state index is 11.9. The second-order valence-electron chi connectivity index (χ2n) is 6.52. The zero-order valence-electron chi connectivity index (χ0n) is 13.1. The van der Waals surface area contributed by atoms with Crippen molar-refractivity contribution in [2.75, 3.05) is 12.3 Å². The van der Waals surface area contributed by atoms with Gasteiger partial charge >= 0.3 is 0 Å². The standard InChI is InChI=1S/C18H28N2O/c1-14-3-2-4-16(13-14)11-12-20-18(21)10-7-15-5-8-17(19)9-6-15/h5-6,8-9,14,16H,2-4,7,10-13,19H2,1H3,(H,20,21). The summed E-state index contributed by atoms with van der Waals surface area (Å²) >= 11 is 0. The number of nitrogen functional groups attached to an aromatic ring is 1. The van der Waals surface area contributed by atoms with E-state index in [0.29, 0.717) is 6.42 Å². The number of nitrogens with two attached hydrogens (primary N) is 1. The minimum Gasteiger partial charge on any atom is -0.399 e. The van der Waals surface area contributed by atoms with Crippen LogP contribution >= 0.6 is 0 Å². The summed E-state index contributed by atoms with van der Waals surface area (Å²) in [4.78, 5) is 11.9. The molecule has 1 aliphatic carbocycles. The normalized spacial score (nSPS) is 22.0. The van der Waals surface area contributed by atoms with Crippen LogP contribution in [0.3, 0.4) is 0 Å². The number of rotatable bonds is 6. The van der Waals surface area contributed by atoms with E-state index < -0.39 is 0 Å². The van der Waals surface area contributed by atoms with Gasteiger partial charge in [0, 0.05) is 18.7 Å². The molecule has 3 N–H and O–H groups in total. The monoisotopic (exact) mass is 288 g/mol. The quantitative estimate of drug-likeness (QED) is 0.787. The summed E-state index contributed by atoms with van der Waals surface area (Å²) in [6.07, 6.45) is 7.89. The lowest BCUT2D eigenvalue weighted by Crippen LogP contribution is -2.27. The number of anilines is 1. The average molecular weight is 288 g/mol. The van der Waals surface area contributed by atoms with Crippen LogP contribution in [0.5, 0.6) is 0 Å². The van der Waals surface area contributed by atoms with Gasteiger partial charge < -0.3 is 11.1 Å². The van der Waals surface area contributed by atoms with E-state index in [0.717, 1.165) is 36.9 Å². The number of carbonyl (C=O) groups is 1. The summed E-state index contributed by atoms with van der Waals surface area (Å²) in [5, 5.41) is 3.06. The highest BCUT2D eigenvalue weighted by Crippen LogP contribution is 2.30. The van der Waals surface area contributed by atoms with Gasteiger partial charge in [-0.15, -0.1) is 0 Å². The van der Waals surface area contributed by atoms with E-state index in [1.165, 1.54) is 31.2 Å². The molecule has 0 spiro atoms. The van der Waals surface area contributed by atoms with Gasteiger partial charge in [-0.25, -0.2) is 0 Å². The van der Waals surface area contributed by atoms with E-state index in [1.54, 1.807) is 0 Å². The zero-order chi connectivity index (χ0) is 15.1. The van der Waals surface area contributed by atoms with Gasteiger partial charge in [0.2, 0.25) is 5.91 Å². The van der Waals surface area contributed by atoms with Crippen molar-refractivity contribution in [3.8, 4) is 0 Å². The molecule has 1 fully saturated rings. The Kier molecular flexibility index (Phi) is 6.09. The molecule has 1 saturated carbocycles. The Bertz CT molecular complexity index is 441. The maximum Gasteiger partial charge on any atom is 0.220 e. The number of hydrogen-bond donors (Lipinski definition) is 2. The van der Waals surface area contributed by atoms with Crippen molar-refractivity contribution >= 4 is 11.6 Å². The van der Waals surface area contributed by atoms with Crippen LogP contribution in [0.15, 0.2) is 24.3 Å². The molecule has 1 aliphatic rings. The molecule has 116 valence electrons. The first kappa shape index (κ1) is 15.9. The first-order valence-electron chi connectivity index (χ1n) is 8.24. The maximum absolute atomic E-state index is 11.9. The molecule has 3 nitrogen and oxygen atoms in total. The lowest BCUT2D eigenvalue weighted by atomic mass is 9.81. The number of benzene rings is 1. The third-order valence-electron chi connectivity index (χ3n) is 4.54. The Balaban J connectivity index is 1.60. The first-order chi connectivity index (χ1) is 10.1. The SMILES string of the molecule is CC1CCCC(CCNC(=O)CCc2ccc(N)cc2)C1. The Morgan fingerprint density at radius 2 is 2.05 bits per heavy atom. The fraction of sp³-hybridized carbons (Fsp3) is 0.611. The molecule has 3 heteroatoms. The van der Waals surface area contributed by atoms with Crippen molar-refractivity contribution < 1.29 is 4.79 Å². The predicted molar refractivity (Wildman–Crippen MR) is 87.9 cm³/mol. The van der Waals surface area contributed by atoms with E-state index in [9.17, 15) is 4.79 Å². The molecule has 1 aromatic rings. The van der Waals surface area contributed by atoms with Crippen LogP contribution in [-0.4, -0.2) is 12.5 Å². The van der Waals surface area contributed by atoms with Gasteiger partial charge in [0.05, 0.1) is 0 Å². The highest BCUT2D eigenvalue weighted by Gasteiger charge is 2.18. The molecule has 1 aromatic carbocycles. The molecular weight excluding hydrogens is 260 g/mol. The lowest BCUT2D eigenvalue weighted by molar-refractivity contribution is -0.121. The zero-order valence-corrected chi connectivity index (χ0v) is 13.1. The van der Waals surface area contributed by atoms with E-state index >= 15 is 0 Å². The fourth-order valence-electron chi connectivity index (χ4n) is 3.27. The molecule has 0 aliphatic heterocycles. The molecule has 2 atom stereocenters. The van der Waals surface area contributed by atoms with Crippen molar-refractivity contribution in [1.82, 2.24) is 5.32 Å². The number of hydrogen-bond acceptors (Lipinski definition) is 2. The number of amides is 1. The van der Waals surface area contributed by atoms with Crippen LogP contribution in [-0.2, 0) is 11.2 Å². The van der Waals surface area contributed by atoms with E-state index in [2.05, 4.69) is 12.2 Å². The smallest absolute Gasteiger partial charge is 0.220 e. The van der Waals surface area contributed by atoms with Crippen LogP contribution in [0.1, 0.15) is 51.0 Å². The Labute approximate surface area is 128 Å². The van der Waals surface area contributed by atoms with E-state index in [1.807, 2.05) is 24.3 Å². The minimum atomic E-state index is 0.163. The average Bonchev–Trinajstić information content (AvgIpc) is 2.47. The summed E-state index contributed by atoms with van der Waals surface area (Å²) < 4.78 is 0. The summed E-state index contributed by atoms with van der Waals surface area (Å²) in [6.45, 7) is 3.18. The van der Waals surface area contributed by atoms with Crippen molar-refractivity contribution in [2.45, 2.75) is 51.9 Å². The molecule has 0 saturated heterocycles. The van der Waals surface area contributed by atoms with Crippen LogP contribution in [0.2, 0.25) is 0 Å². The third kappa shape index (κ3) is 5.78. The highest BCUT2D eigenvalue weighted by atomic mass is 16.1. The topological polar surface area (TPSA) is 55.1 Å². The van der Waals surface area contributed by atoms with Gasteiger partial charge in [-0.3, -0.25) is 4.79 Å². The van der Waals surface area contributed by atoms with Gasteiger partial charge in [0.1, 0.15) is 0 Å². The van der Waals surface area contributed by atoms with Crippen molar-refractivity contribution in [3.05, 3.63) is 29.8 Å². The second kappa shape index (κ2) is 8.06. The summed E-state index contributed by atoms with van der Waals surface area (Å²) in [7, 11) is 0. The Hall–Kier alpha value is -1.51. The van der Waals surface area contributed by atoms with Gasteiger partial charge in [-0.2, -0.15) is 0 Å². The van der Waals surface area contributed by atoms with Crippen LogP contribution in [0, 0.1) is 11.8 Å². The van der Waals surface area contributed by atoms with E-state index in [-0.39, 0.29) is 5.91 Å². The Morgan fingerprint density at radius 1 is 1.29 bits per heavy atom. The summed E-state index contributed by atoms with van der Waals surface area (Å²) in [6, 6.07) is 7.76. The molecular formula is C18H28N2O. The molecule has 21 heavy (non-hydrogen) atoms. The van der Waals surface area contributed by atoms with Crippen molar-refractivity contribution in [2.24, 2.45) is 11.8 Å². The summed E-state index contributed by atoms with van der Waals surface area (Å²) in [5.74, 6) is 1.84. The second-order valence-corrected chi connectivity index (χ2v) is 6.52. The molecule has 0 aromatic heterocycles. The van der Waals surface area contributed by atoms with Gasteiger partial charge in [0.15, 0.2) is 0 Å². The van der Waals surface area contributed by atoms with Crippen LogP contribution < -0.4 is 11.1 Å². The first-order valence-corrected chi connectivity index (χ1v) is 8.24. The third-order valence-corrected chi connectivity index (χ3v) is 4.54. The number of aryl methyl sites for hydroxylation is 1. The van der Waals surface area contributed by atoms with Crippen LogP contribution in [0.4, 0.5) is 5.69 Å². The molecule has 0 radical (unpaired) electrons. The summed E-state index contributed by atoms with van der Waals surface area (Å²) in [5.41, 5.74) is 7.59. The Morgan fingerprint density at radius 3 is 2.76 bits per heavy atom. The lowest BCUT2D eigenvalue weighted by Gasteiger charge is -2.26. The van der Waals surface area contributed by atoms with Gasteiger partial charge in [0.25, 0.3) is 0 Å².